The average Bonchev–Trinajstić information content (AvgIpc) is 2.30. The first-order valence-electron chi connectivity index (χ1n) is 6.53. The molecule has 0 amide bonds. The number of anilines is 1. The molecular formula is C15H21NO2. The molecule has 0 atom stereocenters. The second kappa shape index (κ2) is 5.42. The Hall–Kier alpha value is -1.51. The molecule has 0 spiro atoms. The first-order valence-corrected chi connectivity index (χ1v) is 6.53. The van der Waals surface area contributed by atoms with Gasteiger partial charge in [0.2, 0.25) is 0 Å². The van der Waals surface area contributed by atoms with Gasteiger partial charge >= 0.3 is 0 Å². The number of nitrogens with zero attached hydrogens (tertiary/aromatic N) is 1. The van der Waals surface area contributed by atoms with Gasteiger partial charge in [-0.25, -0.2) is 0 Å². The van der Waals surface area contributed by atoms with Crippen LogP contribution in [-0.2, 0) is 9.53 Å². The van der Waals surface area contributed by atoms with Crippen LogP contribution in [0.2, 0.25) is 0 Å². The minimum atomic E-state index is 0.102. The Morgan fingerprint density at radius 1 is 1.17 bits per heavy atom. The van der Waals surface area contributed by atoms with Gasteiger partial charge in [-0.05, 0) is 31.9 Å². The quantitative estimate of drug-likeness (QED) is 0.769. The van der Waals surface area contributed by atoms with Gasteiger partial charge in [-0.3, -0.25) is 4.79 Å². The van der Waals surface area contributed by atoms with Crippen molar-refractivity contribution in [2.45, 2.75) is 39.7 Å². The molecule has 1 aromatic carbocycles. The zero-order valence-corrected chi connectivity index (χ0v) is 11.4. The molecule has 1 aliphatic rings. The Morgan fingerprint density at radius 3 is 2.22 bits per heavy atom. The highest BCUT2D eigenvalue weighted by atomic mass is 16.5. The molecular weight excluding hydrogens is 226 g/mol. The third-order valence-corrected chi connectivity index (χ3v) is 3.64. The van der Waals surface area contributed by atoms with E-state index in [1.807, 2.05) is 0 Å². The van der Waals surface area contributed by atoms with Gasteiger partial charge in [0, 0.05) is 31.6 Å². The van der Waals surface area contributed by atoms with Crippen molar-refractivity contribution in [2.75, 3.05) is 18.0 Å². The second-order valence-electron chi connectivity index (χ2n) is 5.17. The van der Waals surface area contributed by atoms with Crippen LogP contribution in [0.25, 0.3) is 0 Å². The fraction of sp³-hybridized carbons (Fsp3) is 0.533. The van der Waals surface area contributed by atoms with Gasteiger partial charge < -0.3 is 9.64 Å². The number of rotatable bonds is 3. The minimum absolute atomic E-state index is 0.102. The Labute approximate surface area is 109 Å². The normalized spacial score (nSPS) is 16.7. The summed E-state index contributed by atoms with van der Waals surface area (Å²) in [5.41, 5.74) is 5.34. The molecule has 0 N–H and O–H groups in total. The van der Waals surface area contributed by atoms with Crippen LogP contribution in [0.1, 0.15) is 29.5 Å². The van der Waals surface area contributed by atoms with Crippen LogP contribution >= 0.6 is 0 Å². The van der Waals surface area contributed by atoms with Gasteiger partial charge in [0.25, 0.3) is 6.47 Å². The molecule has 2 rings (SSSR count). The summed E-state index contributed by atoms with van der Waals surface area (Å²) in [5, 5.41) is 0. The van der Waals surface area contributed by atoms with Gasteiger partial charge in [0.1, 0.15) is 6.10 Å². The highest BCUT2D eigenvalue weighted by Crippen LogP contribution is 2.29. The molecule has 0 radical (unpaired) electrons. The fourth-order valence-electron chi connectivity index (χ4n) is 2.97. The number of benzene rings is 1. The van der Waals surface area contributed by atoms with Crippen molar-refractivity contribution in [3.05, 3.63) is 28.8 Å². The average molecular weight is 247 g/mol. The van der Waals surface area contributed by atoms with E-state index in [2.05, 4.69) is 37.8 Å². The molecule has 18 heavy (non-hydrogen) atoms. The first kappa shape index (κ1) is 12.9. The van der Waals surface area contributed by atoms with Crippen LogP contribution < -0.4 is 4.90 Å². The Morgan fingerprint density at radius 2 is 1.72 bits per heavy atom. The lowest BCUT2D eigenvalue weighted by Crippen LogP contribution is -2.37. The third kappa shape index (κ3) is 2.66. The lowest BCUT2D eigenvalue weighted by atomic mass is 10.0. The van der Waals surface area contributed by atoms with Crippen LogP contribution in [0.4, 0.5) is 5.69 Å². The molecule has 0 aliphatic carbocycles. The fourth-order valence-corrected chi connectivity index (χ4v) is 2.97. The van der Waals surface area contributed by atoms with E-state index in [0.29, 0.717) is 6.47 Å². The summed E-state index contributed by atoms with van der Waals surface area (Å²) in [5.74, 6) is 0. The Balaban J connectivity index is 2.12. The molecule has 3 nitrogen and oxygen atoms in total. The van der Waals surface area contributed by atoms with Crippen molar-refractivity contribution in [1.82, 2.24) is 0 Å². The van der Waals surface area contributed by atoms with Gasteiger partial charge in [0.05, 0.1) is 0 Å². The maximum absolute atomic E-state index is 10.3. The maximum Gasteiger partial charge on any atom is 0.293 e. The van der Waals surface area contributed by atoms with Gasteiger partial charge in [-0.2, -0.15) is 0 Å². The lowest BCUT2D eigenvalue weighted by Gasteiger charge is -2.34. The van der Waals surface area contributed by atoms with E-state index in [1.165, 1.54) is 22.4 Å². The molecule has 0 saturated carbocycles. The second-order valence-corrected chi connectivity index (χ2v) is 5.17. The summed E-state index contributed by atoms with van der Waals surface area (Å²) < 4.78 is 5.04. The predicted molar refractivity (Wildman–Crippen MR) is 73.0 cm³/mol. The van der Waals surface area contributed by atoms with Gasteiger partial charge in [0.15, 0.2) is 0 Å². The molecule has 3 heteroatoms. The van der Waals surface area contributed by atoms with Crippen LogP contribution in [0.5, 0.6) is 0 Å². The molecule has 1 aliphatic heterocycles. The van der Waals surface area contributed by atoms with E-state index in [1.54, 1.807) is 0 Å². The van der Waals surface area contributed by atoms with E-state index in [9.17, 15) is 4.79 Å². The maximum atomic E-state index is 10.3. The molecule has 0 unspecified atom stereocenters. The molecule has 98 valence electrons. The van der Waals surface area contributed by atoms with E-state index in [0.717, 1.165) is 25.9 Å². The predicted octanol–water partition coefficient (Wildman–Crippen LogP) is 2.75. The third-order valence-electron chi connectivity index (χ3n) is 3.64. The first-order chi connectivity index (χ1) is 8.61. The molecule has 1 aromatic rings. The van der Waals surface area contributed by atoms with Crippen molar-refractivity contribution in [1.29, 1.82) is 0 Å². The summed E-state index contributed by atoms with van der Waals surface area (Å²) in [6.07, 6.45) is 1.95. The molecule has 0 bridgehead atoms. The monoisotopic (exact) mass is 247 g/mol. The zero-order chi connectivity index (χ0) is 13.1. The lowest BCUT2D eigenvalue weighted by molar-refractivity contribution is -0.134. The van der Waals surface area contributed by atoms with E-state index < -0.39 is 0 Å². The Kier molecular flexibility index (Phi) is 3.90. The SMILES string of the molecule is Cc1cc(C)c(N2CCC(OC=O)CC2)c(C)c1. The largest absolute Gasteiger partial charge is 0.464 e. The summed E-state index contributed by atoms with van der Waals surface area (Å²) >= 11 is 0. The van der Waals surface area contributed by atoms with Crippen LogP contribution in [0, 0.1) is 20.8 Å². The van der Waals surface area contributed by atoms with E-state index >= 15 is 0 Å². The number of hydrogen-bond acceptors (Lipinski definition) is 3. The smallest absolute Gasteiger partial charge is 0.293 e. The number of carbonyl (C=O) groups excluding carboxylic acids is 1. The number of aryl methyl sites for hydroxylation is 3. The highest BCUT2D eigenvalue weighted by Gasteiger charge is 2.22. The molecule has 0 aromatic heterocycles. The molecule has 1 heterocycles. The van der Waals surface area contributed by atoms with Crippen molar-refractivity contribution in [3.63, 3.8) is 0 Å². The number of carbonyl (C=O) groups is 1. The van der Waals surface area contributed by atoms with Crippen LogP contribution in [-0.4, -0.2) is 25.7 Å². The van der Waals surface area contributed by atoms with Crippen LogP contribution in [0.3, 0.4) is 0 Å². The van der Waals surface area contributed by atoms with Crippen LogP contribution in [0.15, 0.2) is 12.1 Å². The summed E-state index contributed by atoms with van der Waals surface area (Å²) in [6, 6.07) is 4.46. The summed E-state index contributed by atoms with van der Waals surface area (Å²) in [6.45, 7) is 8.97. The van der Waals surface area contributed by atoms with Crippen molar-refractivity contribution < 1.29 is 9.53 Å². The summed E-state index contributed by atoms with van der Waals surface area (Å²) in [7, 11) is 0. The zero-order valence-electron chi connectivity index (χ0n) is 11.4. The molecule has 1 fully saturated rings. The van der Waals surface area contributed by atoms with E-state index in [-0.39, 0.29) is 6.10 Å². The van der Waals surface area contributed by atoms with Gasteiger partial charge in [-0.15, -0.1) is 0 Å². The van der Waals surface area contributed by atoms with Crippen molar-refractivity contribution in [3.8, 4) is 0 Å². The number of piperidine rings is 1. The van der Waals surface area contributed by atoms with E-state index in [4.69, 9.17) is 4.74 Å². The Bertz CT molecular complexity index is 411. The topological polar surface area (TPSA) is 29.5 Å². The van der Waals surface area contributed by atoms with Crippen molar-refractivity contribution in [2.24, 2.45) is 0 Å². The standard InChI is InChI=1S/C15H21NO2/c1-11-8-12(2)15(13(3)9-11)16-6-4-14(5-7-16)18-10-17/h8-10,14H,4-7H2,1-3H3. The summed E-state index contributed by atoms with van der Waals surface area (Å²) in [4.78, 5) is 12.7. The highest BCUT2D eigenvalue weighted by molar-refractivity contribution is 5.60. The van der Waals surface area contributed by atoms with Gasteiger partial charge in [-0.1, -0.05) is 17.7 Å². The minimum Gasteiger partial charge on any atom is -0.464 e. The van der Waals surface area contributed by atoms with Crippen molar-refractivity contribution >= 4 is 12.2 Å². The molecule has 1 saturated heterocycles. The number of ether oxygens (including phenoxy) is 1. The number of hydrogen-bond donors (Lipinski definition) is 0.